The van der Waals surface area contributed by atoms with E-state index in [9.17, 15) is 14.9 Å². The van der Waals surface area contributed by atoms with Gasteiger partial charge in [0.1, 0.15) is 0 Å². The van der Waals surface area contributed by atoms with Gasteiger partial charge in [-0.15, -0.1) is 0 Å². The van der Waals surface area contributed by atoms with Crippen LogP contribution in [0.5, 0.6) is 0 Å². The number of nitriles is 1. The van der Waals surface area contributed by atoms with Crippen molar-refractivity contribution in [1.29, 1.82) is 5.26 Å². The van der Waals surface area contributed by atoms with Crippen LogP contribution in [0.25, 0.3) is 0 Å². The van der Waals surface area contributed by atoms with E-state index in [-0.39, 0.29) is 23.4 Å². The van der Waals surface area contributed by atoms with E-state index in [1.165, 1.54) is 18.9 Å². The molecule has 3 rings (SSSR count). The van der Waals surface area contributed by atoms with Crippen molar-refractivity contribution in [2.45, 2.75) is 32.1 Å². The fraction of sp³-hybridized carbons (Fsp3) is 0.350. The van der Waals surface area contributed by atoms with Crippen LogP contribution < -0.4 is 5.32 Å². The summed E-state index contributed by atoms with van der Waals surface area (Å²) in [6, 6.07) is 10.1. The molecule has 1 heterocycles. The maximum Gasteiger partial charge on any atom is 0.316 e. The third-order valence-electron chi connectivity index (χ3n) is 4.72. The lowest BCUT2D eigenvalue weighted by Gasteiger charge is -2.33. The Hall–Kier alpha value is -2.52. The van der Waals surface area contributed by atoms with Gasteiger partial charge >= 0.3 is 5.97 Å². The number of esters is 1. The maximum atomic E-state index is 12.7. The van der Waals surface area contributed by atoms with E-state index in [4.69, 9.17) is 4.74 Å². The maximum absolute atomic E-state index is 12.7. The average Bonchev–Trinajstić information content (AvgIpc) is 2.65. The fourth-order valence-corrected chi connectivity index (χ4v) is 4.34. The highest BCUT2D eigenvalue weighted by molar-refractivity contribution is 8.03. The van der Waals surface area contributed by atoms with Gasteiger partial charge in [-0.3, -0.25) is 9.59 Å². The minimum absolute atomic E-state index is 0.0942. The molecule has 2 aliphatic rings. The number of benzene rings is 1. The molecular weight excluding hydrogens is 348 g/mol. The van der Waals surface area contributed by atoms with Gasteiger partial charge in [-0.1, -0.05) is 36.0 Å². The first-order valence-corrected chi connectivity index (χ1v) is 9.48. The number of Topliss-reactive ketones (excluding diaryl/α,β-unsaturated/α-hetero) is 1. The number of ketones is 1. The van der Waals surface area contributed by atoms with Crippen LogP contribution in [-0.4, -0.2) is 24.6 Å². The van der Waals surface area contributed by atoms with Crippen LogP contribution in [0.3, 0.4) is 0 Å². The van der Waals surface area contributed by atoms with Crippen molar-refractivity contribution in [3.8, 4) is 6.07 Å². The molecule has 1 aromatic carbocycles. The Balaban J connectivity index is 2.11. The van der Waals surface area contributed by atoms with Gasteiger partial charge in [0.15, 0.2) is 5.78 Å². The second kappa shape index (κ2) is 7.79. The molecule has 0 bridgehead atoms. The first-order valence-electron chi connectivity index (χ1n) is 8.49. The zero-order chi connectivity index (χ0) is 18.7. The molecule has 0 spiro atoms. The number of nitrogens with one attached hydrogen (secondary N) is 1. The van der Waals surface area contributed by atoms with Crippen molar-refractivity contribution in [3.05, 3.63) is 57.3 Å². The molecule has 1 aromatic rings. The monoisotopic (exact) mass is 368 g/mol. The van der Waals surface area contributed by atoms with E-state index in [0.717, 1.165) is 29.7 Å². The summed E-state index contributed by atoms with van der Waals surface area (Å²) in [6.07, 6.45) is 2.07. The first kappa shape index (κ1) is 18.3. The van der Waals surface area contributed by atoms with Gasteiger partial charge in [0, 0.05) is 17.7 Å². The standard InChI is InChI=1S/C20H20N2O3S/c1-12-6-3-4-7-13(12)18-14(10-21)20(26-11-17(24)25-2)22-15-8-5-9-16(23)19(15)18/h3-4,6-7,18,22H,5,8-9,11H2,1-2H3. The van der Waals surface area contributed by atoms with Crippen LogP contribution in [0.1, 0.15) is 36.3 Å². The van der Waals surface area contributed by atoms with Crippen molar-refractivity contribution < 1.29 is 14.3 Å². The molecule has 134 valence electrons. The van der Waals surface area contributed by atoms with Crippen molar-refractivity contribution in [1.82, 2.24) is 5.32 Å². The topological polar surface area (TPSA) is 79.2 Å². The quantitative estimate of drug-likeness (QED) is 0.821. The summed E-state index contributed by atoms with van der Waals surface area (Å²) in [5, 5.41) is 13.8. The van der Waals surface area contributed by atoms with Crippen LogP contribution in [-0.2, 0) is 14.3 Å². The van der Waals surface area contributed by atoms with E-state index >= 15 is 0 Å². The Labute approximate surface area is 157 Å². The third-order valence-corrected chi connectivity index (χ3v) is 5.72. The van der Waals surface area contributed by atoms with Crippen LogP contribution in [0.4, 0.5) is 0 Å². The normalized spacial score (nSPS) is 19.6. The Kier molecular flexibility index (Phi) is 5.48. The second-order valence-corrected chi connectivity index (χ2v) is 7.29. The van der Waals surface area contributed by atoms with Gasteiger partial charge in [0.2, 0.25) is 0 Å². The van der Waals surface area contributed by atoms with Gasteiger partial charge in [0.05, 0.1) is 35.5 Å². The van der Waals surface area contributed by atoms with Gasteiger partial charge in [0.25, 0.3) is 0 Å². The number of carbonyl (C=O) groups excluding carboxylic acids is 2. The Morgan fingerprint density at radius 3 is 2.85 bits per heavy atom. The molecule has 1 atom stereocenters. The zero-order valence-corrected chi connectivity index (χ0v) is 15.6. The summed E-state index contributed by atoms with van der Waals surface area (Å²) in [5.41, 5.74) is 4.06. The number of ether oxygens (including phenoxy) is 1. The molecule has 0 fully saturated rings. The lowest BCUT2D eigenvalue weighted by Crippen LogP contribution is -2.31. The molecule has 26 heavy (non-hydrogen) atoms. The second-order valence-electron chi connectivity index (χ2n) is 6.30. The molecule has 1 aliphatic carbocycles. The number of aryl methyl sites for hydroxylation is 1. The molecule has 0 amide bonds. The highest BCUT2D eigenvalue weighted by atomic mass is 32.2. The van der Waals surface area contributed by atoms with Crippen LogP contribution >= 0.6 is 11.8 Å². The largest absolute Gasteiger partial charge is 0.468 e. The Morgan fingerprint density at radius 2 is 2.15 bits per heavy atom. The van der Waals surface area contributed by atoms with Gasteiger partial charge < -0.3 is 10.1 Å². The molecule has 1 unspecified atom stereocenters. The van der Waals surface area contributed by atoms with Crippen LogP contribution in [0, 0.1) is 18.3 Å². The highest BCUT2D eigenvalue weighted by Crippen LogP contribution is 2.44. The summed E-state index contributed by atoms with van der Waals surface area (Å²) in [7, 11) is 1.34. The van der Waals surface area contributed by atoms with Crippen LogP contribution in [0.2, 0.25) is 0 Å². The summed E-state index contributed by atoms with van der Waals surface area (Å²) >= 11 is 1.25. The molecular formula is C20H20N2O3S. The number of carbonyl (C=O) groups is 2. The van der Waals surface area contributed by atoms with E-state index in [2.05, 4.69) is 11.4 Å². The van der Waals surface area contributed by atoms with E-state index in [0.29, 0.717) is 22.6 Å². The predicted octanol–water partition coefficient (Wildman–Crippen LogP) is 3.33. The molecule has 1 aliphatic heterocycles. The zero-order valence-electron chi connectivity index (χ0n) is 14.8. The van der Waals surface area contributed by atoms with Gasteiger partial charge in [-0.05, 0) is 30.9 Å². The number of thioether (sulfide) groups is 1. The minimum atomic E-state index is -0.384. The summed E-state index contributed by atoms with van der Waals surface area (Å²) in [4.78, 5) is 24.2. The SMILES string of the molecule is COC(=O)CSC1=C(C#N)C(c2ccccc2C)C2=C(CCCC2=O)N1. The number of allylic oxidation sites excluding steroid dienone is 3. The van der Waals surface area contributed by atoms with E-state index < -0.39 is 0 Å². The Morgan fingerprint density at radius 1 is 1.38 bits per heavy atom. The third kappa shape index (κ3) is 3.40. The number of rotatable bonds is 4. The summed E-state index contributed by atoms with van der Waals surface area (Å²) in [5.74, 6) is -0.531. The molecule has 1 N–H and O–H groups in total. The number of nitrogens with zero attached hydrogens (tertiary/aromatic N) is 1. The number of hydrogen-bond acceptors (Lipinski definition) is 6. The Bertz CT molecular complexity index is 864. The fourth-order valence-electron chi connectivity index (χ4n) is 3.45. The van der Waals surface area contributed by atoms with Crippen LogP contribution in [0.15, 0.2) is 46.1 Å². The lowest BCUT2D eigenvalue weighted by molar-refractivity contribution is -0.137. The van der Waals surface area contributed by atoms with Crippen molar-refractivity contribution >= 4 is 23.5 Å². The molecule has 0 saturated carbocycles. The highest BCUT2D eigenvalue weighted by Gasteiger charge is 2.37. The molecule has 5 nitrogen and oxygen atoms in total. The predicted molar refractivity (Wildman–Crippen MR) is 100 cm³/mol. The lowest BCUT2D eigenvalue weighted by atomic mass is 9.76. The smallest absolute Gasteiger partial charge is 0.316 e. The van der Waals surface area contributed by atoms with E-state index in [1.807, 2.05) is 31.2 Å². The molecule has 6 heteroatoms. The summed E-state index contributed by atoms with van der Waals surface area (Å²) < 4.78 is 4.71. The summed E-state index contributed by atoms with van der Waals surface area (Å²) in [6.45, 7) is 1.99. The molecule has 0 aromatic heterocycles. The first-order chi connectivity index (χ1) is 12.6. The number of dihydropyridines is 1. The minimum Gasteiger partial charge on any atom is -0.468 e. The van der Waals surface area contributed by atoms with Gasteiger partial charge in [-0.25, -0.2) is 0 Å². The van der Waals surface area contributed by atoms with Crippen molar-refractivity contribution in [2.75, 3.05) is 12.9 Å². The average molecular weight is 368 g/mol. The van der Waals surface area contributed by atoms with Gasteiger partial charge in [-0.2, -0.15) is 5.26 Å². The molecule has 0 radical (unpaired) electrons. The molecule has 0 saturated heterocycles. The van der Waals surface area contributed by atoms with Crippen molar-refractivity contribution in [3.63, 3.8) is 0 Å². The van der Waals surface area contributed by atoms with Crippen molar-refractivity contribution in [2.24, 2.45) is 0 Å². The number of methoxy groups -OCH3 is 1. The van der Waals surface area contributed by atoms with E-state index in [1.54, 1.807) is 0 Å². The number of hydrogen-bond donors (Lipinski definition) is 1.